The fraction of sp³-hybridized carbons (Fsp3) is 0.0667. The molecule has 0 fully saturated rings. The molecule has 0 aliphatic rings. The Morgan fingerprint density at radius 2 is 1.86 bits per heavy atom. The molecular weight excluding hydrogens is 356 g/mol. The number of hydrogen-bond donors (Lipinski definition) is 2. The Hall–Kier alpha value is -1.85. The number of amides is 2. The lowest BCUT2D eigenvalue weighted by Crippen LogP contribution is -2.15. The molecule has 0 aromatic heterocycles. The van der Waals surface area contributed by atoms with Crippen molar-refractivity contribution in [1.29, 1.82) is 0 Å². The van der Waals surface area contributed by atoms with Crippen LogP contribution in [-0.4, -0.2) is 11.8 Å². The summed E-state index contributed by atoms with van der Waals surface area (Å²) in [6.45, 7) is 1.85. The van der Waals surface area contributed by atoms with E-state index >= 15 is 0 Å². The fourth-order valence-corrected chi connectivity index (χ4v) is 2.46. The van der Waals surface area contributed by atoms with Crippen molar-refractivity contribution in [1.82, 2.24) is 0 Å². The van der Waals surface area contributed by atoms with Crippen LogP contribution in [0, 0.1) is 6.92 Å². The summed E-state index contributed by atoms with van der Waals surface area (Å²) in [4.78, 5) is 23.4. The molecule has 2 amide bonds. The van der Waals surface area contributed by atoms with E-state index in [1.54, 1.807) is 12.1 Å². The zero-order valence-electron chi connectivity index (χ0n) is 11.1. The number of halogens is 2. The topological polar surface area (TPSA) is 72.2 Å². The van der Waals surface area contributed by atoms with E-state index in [2.05, 4.69) is 21.2 Å². The third-order valence-corrected chi connectivity index (χ3v) is 3.74. The van der Waals surface area contributed by atoms with Gasteiger partial charge in [0.15, 0.2) is 0 Å². The SMILES string of the molecule is Cc1ccc(Br)cc1C(=O)Nc1ccc(C(N)=O)c(Cl)c1. The average molecular weight is 368 g/mol. The van der Waals surface area contributed by atoms with Crippen LogP contribution >= 0.6 is 27.5 Å². The number of carbonyl (C=O) groups is 2. The number of carbonyl (C=O) groups excluding carboxylic acids is 2. The molecule has 21 heavy (non-hydrogen) atoms. The number of nitrogens with two attached hydrogens (primary N) is 1. The first-order valence-corrected chi connectivity index (χ1v) is 7.22. The van der Waals surface area contributed by atoms with Crippen LogP contribution in [0.25, 0.3) is 0 Å². The maximum absolute atomic E-state index is 12.3. The monoisotopic (exact) mass is 366 g/mol. The quantitative estimate of drug-likeness (QED) is 0.867. The number of rotatable bonds is 3. The minimum atomic E-state index is -0.610. The molecule has 2 rings (SSSR count). The first kappa shape index (κ1) is 15.5. The Kier molecular flexibility index (Phi) is 4.65. The summed E-state index contributed by atoms with van der Waals surface area (Å²) < 4.78 is 0.820. The van der Waals surface area contributed by atoms with Gasteiger partial charge < -0.3 is 11.1 Å². The van der Waals surface area contributed by atoms with Crippen LogP contribution in [0.1, 0.15) is 26.3 Å². The highest BCUT2D eigenvalue weighted by atomic mass is 79.9. The predicted octanol–water partition coefficient (Wildman–Crippen LogP) is 3.76. The number of primary amides is 1. The van der Waals surface area contributed by atoms with Crippen molar-refractivity contribution in [3.63, 3.8) is 0 Å². The summed E-state index contributed by atoms with van der Waals surface area (Å²) in [5.41, 5.74) is 7.30. The Morgan fingerprint density at radius 1 is 1.14 bits per heavy atom. The minimum Gasteiger partial charge on any atom is -0.366 e. The van der Waals surface area contributed by atoms with Gasteiger partial charge in [-0.2, -0.15) is 0 Å². The van der Waals surface area contributed by atoms with Crippen LogP contribution in [0.15, 0.2) is 40.9 Å². The highest BCUT2D eigenvalue weighted by Crippen LogP contribution is 2.22. The molecule has 0 spiro atoms. The lowest BCUT2D eigenvalue weighted by molar-refractivity contribution is 0.0998. The number of benzene rings is 2. The van der Waals surface area contributed by atoms with E-state index < -0.39 is 5.91 Å². The molecule has 3 N–H and O–H groups in total. The van der Waals surface area contributed by atoms with Gasteiger partial charge in [-0.25, -0.2) is 0 Å². The van der Waals surface area contributed by atoms with Crippen molar-refractivity contribution < 1.29 is 9.59 Å². The molecule has 0 aliphatic heterocycles. The molecule has 0 saturated heterocycles. The second-order valence-corrected chi connectivity index (χ2v) is 5.80. The van der Waals surface area contributed by atoms with Crippen molar-refractivity contribution in [3.8, 4) is 0 Å². The van der Waals surface area contributed by atoms with E-state index in [1.807, 2.05) is 19.1 Å². The molecule has 108 valence electrons. The molecule has 0 atom stereocenters. The Bertz CT molecular complexity index is 732. The Labute approximate surface area is 135 Å². The Balaban J connectivity index is 2.26. The average Bonchev–Trinajstić information content (AvgIpc) is 2.41. The van der Waals surface area contributed by atoms with Gasteiger partial charge >= 0.3 is 0 Å². The lowest BCUT2D eigenvalue weighted by atomic mass is 10.1. The molecule has 0 unspecified atom stereocenters. The van der Waals surface area contributed by atoms with E-state index in [0.29, 0.717) is 11.3 Å². The summed E-state index contributed by atoms with van der Waals surface area (Å²) in [5.74, 6) is -0.864. The summed E-state index contributed by atoms with van der Waals surface area (Å²) in [5, 5.41) is 2.94. The number of hydrogen-bond acceptors (Lipinski definition) is 2. The second-order valence-electron chi connectivity index (χ2n) is 4.47. The summed E-state index contributed by atoms with van der Waals surface area (Å²) in [6, 6.07) is 10.0. The molecular formula is C15H12BrClN2O2. The number of nitrogens with one attached hydrogen (secondary N) is 1. The minimum absolute atomic E-state index is 0.200. The van der Waals surface area contributed by atoms with Gasteiger partial charge in [-0.05, 0) is 42.8 Å². The highest BCUT2D eigenvalue weighted by molar-refractivity contribution is 9.10. The third kappa shape index (κ3) is 3.62. The Morgan fingerprint density at radius 3 is 2.48 bits per heavy atom. The van der Waals surface area contributed by atoms with Crippen LogP contribution < -0.4 is 11.1 Å². The van der Waals surface area contributed by atoms with E-state index in [1.165, 1.54) is 12.1 Å². The van der Waals surface area contributed by atoms with Gasteiger partial charge in [0.2, 0.25) is 5.91 Å². The van der Waals surface area contributed by atoms with Crippen molar-refractivity contribution in [2.75, 3.05) is 5.32 Å². The largest absolute Gasteiger partial charge is 0.366 e. The first-order chi connectivity index (χ1) is 9.88. The van der Waals surface area contributed by atoms with Crippen molar-refractivity contribution in [2.24, 2.45) is 5.73 Å². The summed E-state index contributed by atoms with van der Waals surface area (Å²) >= 11 is 9.29. The van der Waals surface area contributed by atoms with Crippen LogP contribution in [-0.2, 0) is 0 Å². The van der Waals surface area contributed by atoms with E-state index in [9.17, 15) is 9.59 Å². The van der Waals surface area contributed by atoms with E-state index in [4.69, 9.17) is 17.3 Å². The summed E-state index contributed by atoms with van der Waals surface area (Å²) in [6.07, 6.45) is 0. The van der Waals surface area contributed by atoms with Gasteiger partial charge in [-0.1, -0.05) is 33.6 Å². The van der Waals surface area contributed by atoms with Crippen LogP contribution in [0.5, 0.6) is 0 Å². The van der Waals surface area contributed by atoms with Gasteiger partial charge in [-0.3, -0.25) is 9.59 Å². The van der Waals surface area contributed by atoms with Gasteiger partial charge in [-0.15, -0.1) is 0 Å². The van der Waals surface area contributed by atoms with Gasteiger partial charge in [0.25, 0.3) is 5.91 Å². The van der Waals surface area contributed by atoms with Crippen molar-refractivity contribution in [3.05, 3.63) is 62.6 Å². The smallest absolute Gasteiger partial charge is 0.255 e. The maximum atomic E-state index is 12.3. The van der Waals surface area contributed by atoms with Gasteiger partial charge in [0, 0.05) is 15.7 Å². The summed E-state index contributed by atoms with van der Waals surface area (Å²) in [7, 11) is 0. The molecule has 0 heterocycles. The van der Waals surface area contributed by atoms with Crippen LogP contribution in [0.2, 0.25) is 5.02 Å². The van der Waals surface area contributed by atoms with Crippen LogP contribution in [0.4, 0.5) is 5.69 Å². The van der Waals surface area contributed by atoms with Gasteiger partial charge in [0.1, 0.15) is 0 Å². The number of aryl methyl sites for hydroxylation is 1. The second kappa shape index (κ2) is 6.28. The normalized spacial score (nSPS) is 10.2. The fourth-order valence-electron chi connectivity index (χ4n) is 1.83. The molecule has 0 aliphatic carbocycles. The lowest BCUT2D eigenvalue weighted by Gasteiger charge is -2.09. The molecule has 0 radical (unpaired) electrons. The van der Waals surface area contributed by atoms with Gasteiger partial charge in [0.05, 0.1) is 10.6 Å². The van der Waals surface area contributed by atoms with E-state index in [0.717, 1.165) is 10.0 Å². The van der Waals surface area contributed by atoms with Crippen molar-refractivity contribution in [2.45, 2.75) is 6.92 Å². The first-order valence-electron chi connectivity index (χ1n) is 6.05. The van der Waals surface area contributed by atoms with E-state index in [-0.39, 0.29) is 16.5 Å². The highest BCUT2D eigenvalue weighted by Gasteiger charge is 2.12. The molecule has 6 heteroatoms. The van der Waals surface area contributed by atoms with Crippen LogP contribution in [0.3, 0.4) is 0 Å². The molecule has 4 nitrogen and oxygen atoms in total. The number of anilines is 1. The maximum Gasteiger partial charge on any atom is 0.255 e. The zero-order chi connectivity index (χ0) is 15.6. The van der Waals surface area contributed by atoms with Crippen molar-refractivity contribution >= 4 is 45.0 Å². The predicted molar refractivity (Wildman–Crippen MR) is 86.8 cm³/mol. The standard InChI is InChI=1S/C15H12BrClN2O2/c1-8-2-3-9(16)6-12(8)15(21)19-10-4-5-11(14(18)20)13(17)7-10/h2-7H,1H3,(H2,18,20)(H,19,21). The molecule has 2 aromatic carbocycles. The zero-order valence-corrected chi connectivity index (χ0v) is 13.5. The molecule has 0 bridgehead atoms. The molecule has 2 aromatic rings. The molecule has 0 saturated carbocycles. The third-order valence-electron chi connectivity index (χ3n) is 2.94.